The highest BCUT2D eigenvalue weighted by molar-refractivity contribution is 5.98. The van der Waals surface area contributed by atoms with Crippen LogP contribution in [0, 0.1) is 0 Å². The summed E-state index contributed by atoms with van der Waals surface area (Å²) in [4.78, 5) is 23.5. The van der Waals surface area contributed by atoms with Gasteiger partial charge in [0, 0.05) is 0 Å². The standard InChI is InChI=1S/C20H20O4/c1-4-24-20(23)18-12-8-7-10-16(18)13(2)15-9-5-6-11-17(15)14(3)19(21)22/h5-12,14H,2,4H2,1,3H3,(H,21,22). The first-order valence-electron chi connectivity index (χ1n) is 7.74. The minimum atomic E-state index is -0.908. The van der Waals surface area contributed by atoms with Gasteiger partial charge in [0.05, 0.1) is 18.1 Å². The highest BCUT2D eigenvalue weighted by Crippen LogP contribution is 2.31. The number of aliphatic carboxylic acids is 1. The summed E-state index contributed by atoms with van der Waals surface area (Å²) < 4.78 is 5.10. The molecule has 1 atom stereocenters. The Labute approximate surface area is 141 Å². The Bertz CT molecular complexity index is 777. The molecule has 2 rings (SSSR count). The molecule has 0 fully saturated rings. The maximum atomic E-state index is 12.2. The van der Waals surface area contributed by atoms with Crippen molar-refractivity contribution in [3.05, 3.63) is 77.4 Å². The molecule has 4 nitrogen and oxygen atoms in total. The molecule has 0 aromatic heterocycles. The van der Waals surface area contributed by atoms with Crippen LogP contribution in [-0.2, 0) is 9.53 Å². The van der Waals surface area contributed by atoms with E-state index in [-0.39, 0.29) is 6.61 Å². The first-order chi connectivity index (χ1) is 11.5. The Morgan fingerprint density at radius 3 is 2.17 bits per heavy atom. The molecule has 2 aromatic rings. The lowest BCUT2D eigenvalue weighted by molar-refractivity contribution is -0.138. The lowest BCUT2D eigenvalue weighted by atomic mass is 9.87. The molecule has 4 heteroatoms. The SMILES string of the molecule is C=C(c1ccccc1C(=O)OCC)c1ccccc1C(C)C(=O)O. The minimum Gasteiger partial charge on any atom is -0.481 e. The van der Waals surface area contributed by atoms with E-state index in [9.17, 15) is 14.7 Å². The largest absolute Gasteiger partial charge is 0.481 e. The van der Waals surface area contributed by atoms with E-state index >= 15 is 0 Å². The molecule has 0 bridgehead atoms. The predicted molar refractivity (Wildman–Crippen MR) is 93.0 cm³/mol. The summed E-state index contributed by atoms with van der Waals surface area (Å²) in [7, 11) is 0. The molecule has 24 heavy (non-hydrogen) atoms. The van der Waals surface area contributed by atoms with Crippen molar-refractivity contribution in [1.29, 1.82) is 0 Å². The number of carboxylic acids is 1. The van der Waals surface area contributed by atoms with Crippen LogP contribution in [0.4, 0.5) is 0 Å². The zero-order chi connectivity index (χ0) is 17.7. The molecule has 2 aromatic carbocycles. The van der Waals surface area contributed by atoms with E-state index in [0.717, 1.165) is 0 Å². The van der Waals surface area contributed by atoms with Gasteiger partial charge in [-0.2, -0.15) is 0 Å². The zero-order valence-corrected chi connectivity index (χ0v) is 13.8. The fourth-order valence-corrected chi connectivity index (χ4v) is 2.56. The fourth-order valence-electron chi connectivity index (χ4n) is 2.56. The van der Waals surface area contributed by atoms with Gasteiger partial charge in [-0.3, -0.25) is 4.79 Å². The number of rotatable bonds is 6. The van der Waals surface area contributed by atoms with Gasteiger partial charge in [0.15, 0.2) is 0 Å². The summed E-state index contributed by atoms with van der Waals surface area (Å²) in [5.41, 5.74) is 3.03. The second kappa shape index (κ2) is 7.59. The van der Waals surface area contributed by atoms with Gasteiger partial charge in [-0.1, -0.05) is 49.0 Å². The summed E-state index contributed by atoms with van der Waals surface area (Å²) in [6, 6.07) is 14.2. The van der Waals surface area contributed by atoms with Crippen molar-refractivity contribution < 1.29 is 19.4 Å². The van der Waals surface area contributed by atoms with Gasteiger partial charge in [-0.25, -0.2) is 4.79 Å². The lowest BCUT2D eigenvalue weighted by Gasteiger charge is -2.17. The number of benzene rings is 2. The highest BCUT2D eigenvalue weighted by atomic mass is 16.5. The summed E-state index contributed by atoms with van der Waals surface area (Å²) in [6.07, 6.45) is 0. The monoisotopic (exact) mass is 324 g/mol. The molecule has 1 unspecified atom stereocenters. The van der Waals surface area contributed by atoms with Gasteiger partial charge < -0.3 is 9.84 Å². The lowest BCUT2D eigenvalue weighted by Crippen LogP contribution is -2.11. The number of esters is 1. The molecular formula is C20H20O4. The number of hydrogen-bond donors (Lipinski definition) is 1. The fraction of sp³-hybridized carbons (Fsp3) is 0.200. The Kier molecular flexibility index (Phi) is 5.53. The Morgan fingerprint density at radius 1 is 1.04 bits per heavy atom. The number of ether oxygens (including phenoxy) is 1. The molecule has 0 radical (unpaired) electrons. The van der Waals surface area contributed by atoms with Crippen molar-refractivity contribution in [3.8, 4) is 0 Å². The number of carbonyl (C=O) groups is 2. The van der Waals surface area contributed by atoms with E-state index in [0.29, 0.717) is 27.8 Å². The molecule has 0 aliphatic rings. The molecule has 1 N–H and O–H groups in total. The normalized spacial score (nSPS) is 11.6. The summed E-state index contributed by atoms with van der Waals surface area (Å²) in [5, 5.41) is 9.32. The van der Waals surface area contributed by atoms with Gasteiger partial charge >= 0.3 is 11.9 Å². The third-order valence-electron chi connectivity index (χ3n) is 3.87. The van der Waals surface area contributed by atoms with Crippen molar-refractivity contribution in [2.75, 3.05) is 6.61 Å². The van der Waals surface area contributed by atoms with Gasteiger partial charge in [0.25, 0.3) is 0 Å². The predicted octanol–water partition coefficient (Wildman–Crippen LogP) is 4.11. The van der Waals surface area contributed by atoms with Gasteiger partial charge in [-0.15, -0.1) is 0 Å². The van der Waals surface area contributed by atoms with E-state index in [2.05, 4.69) is 6.58 Å². The minimum absolute atomic E-state index is 0.284. The van der Waals surface area contributed by atoms with E-state index in [1.54, 1.807) is 44.2 Å². The molecule has 0 amide bonds. The topological polar surface area (TPSA) is 63.6 Å². The number of carboxylic acid groups (broad SMARTS) is 1. The van der Waals surface area contributed by atoms with Crippen molar-refractivity contribution in [2.24, 2.45) is 0 Å². The third-order valence-corrected chi connectivity index (χ3v) is 3.87. The number of hydrogen-bond acceptors (Lipinski definition) is 3. The van der Waals surface area contributed by atoms with Crippen LogP contribution >= 0.6 is 0 Å². The smallest absolute Gasteiger partial charge is 0.338 e. The van der Waals surface area contributed by atoms with E-state index < -0.39 is 17.9 Å². The molecular weight excluding hydrogens is 304 g/mol. The summed E-state index contributed by atoms with van der Waals surface area (Å²) in [5.74, 6) is -2.00. The quantitative estimate of drug-likeness (QED) is 0.812. The van der Waals surface area contributed by atoms with Crippen molar-refractivity contribution >= 4 is 17.5 Å². The van der Waals surface area contributed by atoms with Crippen molar-refractivity contribution in [3.63, 3.8) is 0 Å². The molecule has 124 valence electrons. The third kappa shape index (κ3) is 3.54. The van der Waals surface area contributed by atoms with E-state index in [1.165, 1.54) is 0 Å². The van der Waals surface area contributed by atoms with Crippen molar-refractivity contribution in [1.82, 2.24) is 0 Å². The molecule has 0 heterocycles. The van der Waals surface area contributed by atoms with Crippen LogP contribution in [0.2, 0.25) is 0 Å². The maximum Gasteiger partial charge on any atom is 0.338 e. The first kappa shape index (κ1) is 17.5. The Morgan fingerprint density at radius 2 is 1.58 bits per heavy atom. The molecule has 0 saturated heterocycles. The van der Waals surface area contributed by atoms with Crippen LogP contribution in [-0.4, -0.2) is 23.7 Å². The summed E-state index contributed by atoms with van der Waals surface area (Å²) >= 11 is 0. The second-order valence-corrected chi connectivity index (χ2v) is 5.39. The molecule has 0 aliphatic carbocycles. The summed E-state index contributed by atoms with van der Waals surface area (Å²) in [6.45, 7) is 7.76. The Hall–Kier alpha value is -2.88. The first-order valence-corrected chi connectivity index (χ1v) is 7.74. The highest BCUT2D eigenvalue weighted by Gasteiger charge is 2.21. The van der Waals surface area contributed by atoms with Gasteiger partial charge in [0.1, 0.15) is 0 Å². The Balaban J connectivity index is 2.52. The van der Waals surface area contributed by atoms with E-state index in [1.807, 2.05) is 18.2 Å². The second-order valence-electron chi connectivity index (χ2n) is 5.39. The van der Waals surface area contributed by atoms with Gasteiger partial charge in [-0.05, 0) is 42.2 Å². The van der Waals surface area contributed by atoms with Crippen LogP contribution in [0.1, 0.15) is 46.8 Å². The average Bonchev–Trinajstić information content (AvgIpc) is 2.60. The van der Waals surface area contributed by atoms with Crippen LogP contribution in [0.5, 0.6) is 0 Å². The van der Waals surface area contributed by atoms with E-state index in [4.69, 9.17) is 4.74 Å². The van der Waals surface area contributed by atoms with Crippen LogP contribution < -0.4 is 0 Å². The van der Waals surface area contributed by atoms with Gasteiger partial charge in [0.2, 0.25) is 0 Å². The zero-order valence-electron chi connectivity index (χ0n) is 13.8. The molecule has 0 spiro atoms. The van der Waals surface area contributed by atoms with Crippen LogP contribution in [0.3, 0.4) is 0 Å². The van der Waals surface area contributed by atoms with Crippen molar-refractivity contribution in [2.45, 2.75) is 19.8 Å². The maximum absolute atomic E-state index is 12.2. The number of carbonyl (C=O) groups excluding carboxylic acids is 1. The van der Waals surface area contributed by atoms with Crippen LogP contribution in [0.25, 0.3) is 5.57 Å². The molecule has 0 aliphatic heterocycles. The average molecular weight is 324 g/mol. The van der Waals surface area contributed by atoms with Crippen LogP contribution in [0.15, 0.2) is 55.1 Å². The molecule has 0 saturated carbocycles.